The highest BCUT2D eigenvalue weighted by atomic mass is 16.5. The van der Waals surface area contributed by atoms with E-state index in [1.807, 2.05) is 50.2 Å². The number of aryl methyl sites for hydroxylation is 3. The molecule has 2 amide bonds. The summed E-state index contributed by atoms with van der Waals surface area (Å²) in [6.45, 7) is 6.54. The zero-order valence-corrected chi connectivity index (χ0v) is 18.4. The minimum Gasteiger partial charge on any atom is -0.448 e. The van der Waals surface area contributed by atoms with Gasteiger partial charge in [-0.2, -0.15) is 0 Å². The lowest BCUT2D eigenvalue weighted by Gasteiger charge is -2.14. The van der Waals surface area contributed by atoms with Crippen molar-refractivity contribution in [1.82, 2.24) is 10.3 Å². The average Bonchev–Trinajstić information content (AvgIpc) is 3.17. The number of para-hydroxylation sites is 1. The van der Waals surface area contributed by atoms with Gasteiger partial charge in [0.05, 0.1) is 6.54 Å². The lowest BCUT2D eigenvalue weighted by molar-refractivity contribution is -0.130. The third-order valence-corrected chi connectivity index (χ3v) is 4.83. The van der Waals surface area contributed by atoms with Crippen LogP contribution in [0.25, 0.3) is 11.5 Å². The van der Waals surface area contributed by atoms with Crippen LogP contribution in [0.4, 0.5) is 5.69 Å². The van der Waals surface area contributed by atoms with Gasteiger partial charge in [0.25, 0.3) is 5.91 Å². The molecule has 0 aliphatic rings. The first-order valence-electron chi connectivity index (χ1n) is 10.1. The summed E-state index contributed by atoms with van der Waals surface area (Å²) in [5.41, 5.74) is 3.27. The zero-order valence-electron chi connectivity index (χ0n) is 18.4. The van der Waals surface area contributed by atoms with Crippen molar-refractivity contribution in [2.45, 2.75) is 33.8 Å². The molecule has 1 atom stereocenters. The van der Waals surface area contributed by atoms with E-state index < -0.39 is 18.0 Å². The molecule has 0 spiro atoms. The second-order valence-corrected chi connectivity index (χ2v) is 7.37. The zero-order chi connectivity index (χ0) is 23.3. The molecule has 0 unspecified atom stereocenters. The number of carbonyl (C=O) groups excluding carboxylic acids is 3. The molecule has 8 heteroatoms. The second-order valence-electron chi connectivity index (χ2n) is 7.37. The van der Waals surface area contributed by atoms with Crippen molar-refractivity contribution >= 4 is 23.5 Å². The van der Waals surface area contributed by atoms with Gasteiger partial charge in [-0.15, -0.1) is 0 Å². The number of nitrogens with one attached hydrogen (secondary N) is 2. The summed E-state index contributed by atoms with van der Waals surface area (Å²) in [5.74, 6) is -1.19. The number of esters is 1. The quantitative estimate of drug-likeness (QED) is 0.549. The highest BCUT2D eigenvalue weighted by molar-refractivity contribution is 5.97. The van der Waals surface area contributed by atoms with E-state index in [9.17, 15) is 14.4 Å². The molecule has 0 aliphatic carbocycles. The molecule has 0 bridgehead atoms. The maximum Gasteiger partial charge on any atom is 0.361 e. The molecule has 0 saturated carbocycles. The van der Waals surface area contributed by atoms with Gasteiger partial charge in [-0.3, -0.25) is 9.59 Å². The molecule has 1 aromatic heterocycles. The fourth-order valence-corrected chi connectivity index (χ4v) is 3.07. The Balaban J connectivity index is 1.55. The first kappa shape index (κ1) is 22.7. The van der Waals surface area contributed by atoms with E-state index in [1.165, 1.54) is 6.92 Å². The number of hydrogen-bond acceptors (Lipinski definition) is 6. The van der Waals surface area contributed by atoms with Crippen LogP contribution in [0.2, 0.25) is 0 Å². The number of benzene rings is 2. The maximum atomic E-state index is 12.5. The summed E-state index contributed by atoms with van der Waals surface area (Å²) in [7, 11) is 0. The van der Waals surface area contributed by atoms with Crippen molar-refractivity contribution in [3.8, 4) is 11.5 Å². The molecule has 2 aromatic carbocycles. The highest BCUT2D eigenvalue weighted by Gasteiger charge is 2.24. The molecule has 3 aromatic rings. The summed E-state index contributed by atoms with van der Waals surface area (Å²) >= 11 is 0. The molecule has 0 radical (unpaired) electrons. The van der Waals surface area contributed by atoms with Crippen molar-refractivity contribution in [2.24, 2.45) is 0 Å². The van der Waals surface area contributed by atoms with Gasteiger partial charge in [0, 0.05) is 11.3 Å². The Kier molecular flexibility index (Phi) is 7.04. The summed E-state index contributed by atoms with van der Waals surface area (Å²) in [6.07, 6.45) is -1.12. The number of rotatable bonds is 7. The number of ether oxygens (including phenoxy) is 1. The van der Waals surface area contributed by atoms with Crippen molar-refractivity contribution < 1.29 is 23.5 Å². The Bertz CT molecular complexity index is 1120. The number of anilines is 1. The van der Waals surface area contributed by atoms with Gasteiger partial charge in [-0.25, -0.2) is 9.78 Å². The van der Waals surface area contributed by atoms with Crippen LogP contribution < -0.4 is 10.6 Å². The third kappa shape index (κ3) is 5.40. The number of carbonyl (C=O) groups is 3. The fourth-order valence-electron chi connectivity index (χ4n) is 3.07. The van der Waals surface area contributed by atoms with Gasteiger partial charge in [0.1, 0.15) is 5.76 Å². The third-order valence-electron chi connectivity index (χ3n) is 4.83. The predicted molar refractivity (Wildman–Crippen MR) is 119 cm³/mol. The highest BCUT2D eigenvalue weighted by Crippen LogP contribution is 2.22. The monoisotopic (exact) mass is 435 g/mol. The first-order chi connectivity index (χ1) is 15.3. The molecular weight excluding hydrogens is 410 g/mol. The van der Waals surface area contributed by atoms with Crippen LogP contribution in [0.1, 0.15) is 34.3 Å². The molecule has 0 fully saturated rings. The van der Waals surface area contributed by atoms with E-state index >= 15 is 0 Å². The Morgan fingerprint density at radius 3 is 2.31 bits per heavy atom. The van der Waals surface area contributed by atoms with E-state index in [2.05, 4.69) is 15.6 Å². The van der Waals surface area contributed by atoms with E-state index in [1.54, 1.807) is 19.1 Å². The lowest BCUT2D eigenvalue weighted by Crippen LogP contribution is -2.40. The summed E-state index contributed by atoms with van der Waals surface area (Å²) in [4.78, 5) is 41.2. The summed E-state index contributed by atoms with van der Waals surface area (Å²) in [5, 5.41) is 5.25. The predicted octanol–water partition coefficient (Wildman–Crippen LogP) is 3.57. The number of oxazole rings is 1. The van der Waals surface area contributed by atoms with Gasteiger partial charge in [0.2, 0.25) is 11.8 Å². The molecule has 8 nitrogen and oxygen atoms in total. The van der Waals surface area contributed by atoms with Crippen LogP contribution in [0.5, 0.6) is 0 Å². The van der Waals surface area contributed by atoms with Crippen LogP contribution >= 0.6 is 0 Å². The van der Waals surface area contributed by atoms with Crippen LogP contribution in [-0.2, 0) is 14.3 Å². The summed E-state index contributed by atoms with van der Waals surface area (Å²) < 4.78 is 10.8. The molecule has 3 rings (SSSR count). The van der Waals surface area contributed by atoms with E-state index in [4.69, 9.17) is 9.15 Å². The van der Waals surface area contributed by atoms with E-state index in [-0.39, 0.29) is 29.8 Å². The Morgan fingerprint density at radius 1 is 1.00 bits per heavy atom. The fraction of sp³-hybridized carbons (Fsp3) is 0.250. The summed E-state index contributed by atoms with van der Waals surface area (Å²) in [6, 6.07) is 14.8. The van der Waals surface area contributed by atoms with Crippen molar-refractivity contribution in [2.75, 3.05) is 11.9 Å². The Labute approximate surface area is 186 Å². The van der Waals surface area contributed by atoms with Crippen LogP contribution in [0, 0.1) is 20.8 Å². The number of nitrogens with zero attached hydrogens (tertiary/aromatic N) is 1. The van der Waals surface area contributed by atoms with Crippen molar-refractivity contribution in [3.63, 3.8) is 0 Å². The molecule has 1 heterocycles. The molecular formula is C24H25N3O5. The van der Waals surface area contributed by atoms with Crippen molar-refractivity contribution in [1.29, 1.82) is 0 Å². The van der Waals surface area contributed by atoms with E-state index in [0.29, 0.717) is 5.69 Å². The molecule has 32 heavy (non-hydrogen) atoms. The van der Waals surface area contributed by atoms with Crippen LogP contribution in [-0.4, -0.2) is 35.4 Å². The standard InChI is InChI=1S/C24H25N3O5/c1-14-9-8-10-15(2)20(14)26-19(28)13-25-22(29)17(4)32-24(30)21-16(3)31-23(27-21)18-11-6-5-7-12-18/h5-12,17H,13H2,1-4H3,(H,25,29)(H,26,28)/t17-/m1/s1. The number of aromatic nitrogens is 1. The smallest absolute Gasteiger partial charge is 0.361 e. The van der Waals surface area contributed by atoms with Crippen LogP contribution in [0.15, 0.2) is 52.9 Å². The number of amides is 2. The maximum absolute atomic E-state index is 12.5. The molecule has 166 valence electrons. The Morgan fingerprint density at radius 2 is 1.66 bits per heavy atom. The van der Waals surface area contributed by atoms with E-state index in [0.717, 1.165) is 16.7 Å². The largest absolute Gasteiger partial charge is 0.448 e. The molecule has 0 aliphatic heterocycles. The normalized spacial score (nSPS) is 11.5. The Hall–Kier alpha value is -3.94. The first-order valence-corrected chi connectivity index (χ1v) is 10.1. The van der Waals surface area contributed by atoms with Gasteiger partial charge in [0.15, 0.2) is 11.8 Å². The van der Waals surface area contributed by atoms with Gasteiger partial charge >= 0.3 is 5.97 Å². The minimum absolute atomic E-state index is 0.00345. The molecule has 2 N–H and O–H groups in total. The topological polar surface area (TPSA) is 111 Å². The second kappa shape index (κ2) is 9.91. The molecule has 0 saturated heterocycles. The number of hydrogen-bond donors (Lipinski definition) is 2. The van der Waals surface area contributed by atoms with Crippen LogP contribution in [0.3, 0.4) is 0 Å². The SMILES string of the molecule is Cc1cccc(C)c1NC(=O)CNC(=O)[C@@H](C)OC(=O)c1nc(-c2ccccc2)oc1C. The van der Waals surface area contributed by atoms with Gasteiger partial charge in [-0.05, 0) is 51.0 Å². The lowest BCUT2D eigenvalue weighted by atomic mass is 10.1. The van der Waals surface area contributed by atoms with Gasteiger partial charge in [-0.1, -0.05) is 36.4 Å². The minimum atomic E-state index is -1.12. The van der Waals surface area contributed by atoms with Crippen molar-refractivity contribution in [3.05, 3.63) is 71.1 Å². The average molecular weight is 435 g/mol. The van der Waals surface area contributed by atoms with Gasteiger partial charge < -0.3 is 19.8 Å².